The SMILES string of the molecule is NC1C(N)C(N)C2C(=O)OC(=O)C2C1N. The van der Waals surface area contributed by atoms with E-state index in [9.17, 15) is 9.59 Å². The fourth-order valence-corrected chi connectivity index (χ4v) is 2.31. The van der Waals surface area contributed by atoms with E-state index < -0.39 is 47.9 Å². The summed E-state index contributed by atoms with van der Waals surface area (Å²) in [6.45, 7) is 0. The molecule has 1 saturated heterocycles. The van der Waals surface area contributed by atoms with E-state index in [1.807, 2.05) is 0 Å². The van der Waals surface area contributed by atoms with Crippen LogP contribution in [-0.4, -0.2) is 36.1 Å². The zero-order chi connectivity index (χ0) is 11.3. The van der Waals surface area contributed by atoms with Crippen molar-refractivity contribution in [3.8, 4) is 0 Å². The lowest BCUT2D eigenvalue weighted by Gasteiger charge is -2.40. The first-order chi connectivity index (χ1) is 6.95. The topological polar surface area (TPSA) is 147 Å². The zero-order valence-corrected chi connectivity index (χ0v) is 8.00. The Labute approximate surface area is 86.1 Å². The molecule has 1 heterocycles. The Morgan fingerprint density at radius 2 is 1.07 bits per heavy atom. The van der Waals surface area contributed by atoms with Gasteiger partial charge in [0.25, 0.3) is 0 Å². The number of carbonyl (C=O) groups excluding carboxylic acids is 2. The Bertz CT molecular complexity index is 291. The predicted molar refractivity (Wildman–Crippen MR) is 50.0 cm³/mol. The highest BCUT2D eigenvalue weighted by atomic mass is 16.6. The largest absolute Gasteiger partial charge is 0.393 e. The van der Waals surface area contributed by atoms with Crippen LogP contribution >= 0.6 is 0 Å². The van der Waals surface area contributed by atoms with Gasteiger partial charge in [-0.2, -0.15) is 0 Å². The molecule has 2 rings (SSSR count). The second-order valence-corrected chi connectivity index (χ2v) is 4.10. The van der Waals surface area contributed by atoms with Crippen LogP contribution in [0.1, 0.15) is 0 Å². The van der Waals surface area contributed by atoms with Crippen molar-refractivity contribution in [2.45, 2.75) is 24.2 Å². The molecule has 15 heavy (non-hydrogen) atoms. The minimum atomic E-state index is -0.748. The number of cyclic esters (lactones) is 2. The van der Waals surface area contributed by atoms with E-state index in [1.165, 1.54) is 0 Å². The fourth-order valence-electron chi connectivity index (χ4n) is 2.31. The van der Waals surface area contributed by atoms with Gasteiger partial charge in [-0.15, -0.1) is 0 Å². The average Bonchev–Trinajstić information content (AvgIpc) is 2.47. The van der Waals surface area contributed by atoms with E-state index >= 15 is 0 Å². The molecule has 1 aliphatic carbocycles. The van der Waals surface area contributed by atoms with E-state index in [0.29, 0.717) is 0 Å². The Kier molecular flexibility index (Phi) is 2.27. The van der Waals surface area contributed by atoms with E-state index in [2.05, 4.69) is 4.74 Å². The molecule has 8 N–H and O–H groups in total. The van der Waals surface area contributed by atoms with Gasteiger partial charge in [-0.25, -0.2) is 0 Å². The second-order valence-electron chi connectivity index (χ2n) is 4.10. The average molecular weight is 214 g/mol. The molecule has 0 radical (unpaired) electrons. The third-order valence-electron chi connectivity index (χ3n) is 3.30. The van der Waals surface area contributed by atoms with E-state index in [0.717, 1.165) is 0 Å². The van der Waals surface area contributed by atoms with Crippen LogP contribution in [0, 0.1) is 11.8 Å². The smallest absolute Gasteiger partial charge is 0.319 e. The quantitative estimate of drug-likeness (QED) is 0.243. The van der Waals surface area contributed by atoms with Gasteiger partial charge in [0, 0.05) is 24.2 Å². The van der Waals surface area contributed by atoms with E-state index in [1.54, 1.807) is 0 Å². The van der Waals surface area contributed by atoms with Gasteiger partial charge in [0.2, 0.25) is 0 Å². The number of rotatable bonds is 0. The van der Waals surface area contributed by atoms with Crippen LogP contribution in [0.25, 0.3) is 0 Å². The number of ether oxygens (including phenoxy) is 1. The highest BCUT2D eigenvalue weighted by Crippen LogP contribution is 2.34. The van der Waals surface area contributed by atoms with Crippen LogP contribution in [0.4, 0.5) is 0 Å². The maximum atomic E-state index is 11.4. The fraction of sp³-hybridized carbons (Fsp3) is 0.750. The van der Waals surface area contributed by atoms with Gasteiger partial charge in [-0.3, -0.25) is 9.59 Å². The van der Waals surface area contributed by atoms with Crippen molar-refractivity contribution in [3.05, 3.63) is 0 Å². The van der Waals surface area contributed by atoms with E-state index in [4.69, 9.17) is 22.9 Å². The number of hydrogen-bond donors (Lipinski definition) is 4. The molecule has 6 atom stereocenters. The molecule has 2 fully saturated rings. The molecular formula is C8H14N4O3. The van der Waals surface area contributed by atoms with Crippen LogP contribution in [0.3, 0.4) is 0 Å². The maximum Gasteiger partial charge on any atom is 0.319 e. The van der Waals surface area contributed by atoms with Crippen molar-refractivity contribution in [2.24, 2.45) is 34.8 Å². The molecule has 84 valence electrons. The number of hydrogen-bond acceptors (Lipinski definition) is 7. The first kappa shape index (κ1) is 10.5. The molecule has 2 aliphatic rings. The molecule has 0 aromatic carbocycles. The molecule has 1 aliphatic heterocycles. The zero-order valence-electron chi connectivity index (χ0n) is 8.00. The van der Waals surface area contributed by atoms with Gasteiger partial charge < -0.3 is 27.7 Å². The number of fused-ring (bicyclic) bond motifs is 1. The molecule has 7 heteroatoms. The summed E-state index contributed by atoms with van der Waals surface area (Å²) in [7, 11) is 0. The molecular weight excluding hydrogens is 200 g/mol. The summed E-state index contributed by atoms with van der Waals surface area (Å²) in [5.74, 6) is -2.78. The van der Waals surface area contributed by atoms with Crippen LogP contribution in [0.2, 0.25) is 0 Å². The number of esters is 2. The van der Waals surface area contributed by atoms with Crippen molar-refractivity contribution in [1.29, 1.82) is 0 Å². The monoisotopic (exact) mass is 214 g/mol. The molecule has 0 amide bonds. The predicted octanol–water partition coefficient (Wildman–Crippen LogP) is -3.37. The van der Waals surface area contributed by atoms with Crippen molar-refractivity contribution < 1.29 is 14.3 Å². The Morgan fingerprint density at radius 3 is 1.40 bits per heavy atom. The summed E-state index contributed by atoms with van der Waals surface area (Å²) >= 11 is 0. The summed E-state index contributed by atoms with van der Waals surface area (Å²) in [5.41, 5.74) is 23.0. The summed E-state index contributed by atoms with van der Waals surface area (Å²) in [4.78, 5) is 22.7. The van der Waals surface area contributed by atoms with Gasteiger partial charge in [-0.1, -0.05) is 0 Å². The van der Waals surface area contributed by atoms with Gasteiger partial charge in [-0.05, 0) is 0 Å². The Hall–Kier alpha value is -1.02. The highest BCUT2D eigenvalue weighted by Gasteiger charge is 2.57. The molecule has 0 aromatic heterocycles. The van der Waals surface area contributed by atoms with Crippen LogP contribution in [0.5, 0.6) is 0 Å². The third kappa shape index (κ3) is 1.28. The molecule has 1 saturated carbocycles. The first-order valence-corrected chi connectivity index (χ1v) is 4.73. The summed E-state index contributed by atoms with van der Waals surface area (Å²) in [6, 6.07) is -2.55. The third-order valence-corrected chi connectivity index (χ3v) is 3.30. The summed E-state index contributed by atoms with van der Waals surface area (Å²) in [5, 5.41) is 0. The minimum Gasteiger partial charge on any atom is -0.393 e. The highest BCUT2D eigenvalue weighted by molar-refractivity contribution is 5.97. The molecule has 6 unspecified atom stereocenters. The number of nitrogens with two attached hydrogens (primary N) is 4. The van der Waals surface area contributed by atoms with Crippen molar-refractivity contribution in [1.82, 2.24) is 0 Å². The lowest BCUT2D eigenvalue weighted by molar-refractivity contribution is -0.153. The van der Waals surface area contributed by atoms with Gasteiger partial charge in [0.15, 0.2) is 0 Å². The van der Waals surface area contributed by atoms with E-state index in [-0.39, 0.29) is 0 Å². The Balaban J connectivity index is 2.36. The van der Waals surface area contributed by atoms with Gasteiger partial charge in [0.05, 0.1) is 11.8 Å². The van der Waals surface area contributed by atoms with Crippen molar-refractivity contribution >= 4 is 11.9 Å². The van der Waals surface area contributed by atoms with Gasteiger partial charge >= 0.3 is 11.9 Å². The minimum absolute atomic E-state index is 0.598. The van der Waals surface area contributed by atoms with Crippen molar-refractivity contribution in [3.63, 3.8) is 0 Å². The number of carbonyl (C=O) groups is 2. The standard InChI is InChI=1S/C8H14N4O3/c9-3-1-2(8(14)15-7(1)13)4(10)6(12)5(3)11/h1-6H,9-12H2. The molecule has 0 bridgehead atoms. The van der Waals surface area contributed by atoms with Crippen LogP contribution in [0.15, 0.2) is 0 Å². The Morgan fingerprint density at radius 1 is 0.733 bits per heavy atom. The lowest BCUT2D eigenvalue weighted by atomic mass is 9.70. The van der Waals surface area contributed by atoms with Crippen LogP contribution in [-0.2, 0) is 14.3 Å². The first-order valence-electron chi connectivity index (χ1n) is 4.73. The van der Waals surface area contributed by atoms with Gasteiger partial charge in [0.1, 0.15) is 0 Å². The maximum absolute atomic E-state index is 11.4. The van der Waals surface area contributed by atoms with Crippen molar-refractivity contribution in [2.75, 3.05) is 0 Å². The summed E-state index contributed by atoms with van der Waals surface area (Å²) in [6.07, 6.45) is 0. The lowest BCUT2D eigenvalue weighted by Crippen LogP contribution is -2.70. The normalized spacial score (nSPS) is 50.1. The molecule has 7 nitrogen and oxygen atoms in total. The second kappa shape index (κ2) is 3.24. The molecule has 0 spiro atoms. The summed E-state index contributed by atoms with van der Waals surface area (Å²) < 4.78 is 4.50. The molecule has 0 aromatic rings. The van der Waals surface area contributed by atoms with Crippen LogP contribution < -0.4 is 22.9 Å².